The van der Waals surface area contributed by atoms with Crippen LogP contribution in [0.1, 0.15) is 33.1 Å². The second kappa shape index (κ2) is 6.49. The fourth-order valence-electron chi connectivity index (χ4n) is 1.80. The van der Waals surface area contributed by atoms with E-state index in [9.17, 15) is 0 Å². The van der Waals surface area contributed by atoms with Crippen molar-refractivity contribution in [2.24, 2.45) is 0 Å². The van der Waals surface area contributed by atoms with Crippen LogP contribution in [0.5, 0.6) is 0 Å². The Labute approximate surface area is 108 Å². The Balaban J connectivity index is 1.86. The molecule has 1 aromatic rings. The molecule has 0 radical (unpaired) electrons. The quantitative estimate of drug-likeness (QED) is 0.801. The van der Waals surface area contributed by atoms with Gasteiger partial charge in [-0.15, -0.1) is 5.10 Å². The van der Waals surface area contributed by atoms with E-state index in [1.54, 1.807) is 6.20 Å². The Bertz CT molecular complexity index is 367. The zero-order chi connectivity index (χ0) is 12.8. The van der Waals surface area contributed by atoms with Crippen LogP contribution < -0.4 is 10.6 Å². The van der Waals surface area contributed by atoms with Gasteiger partial charge in [-0.2, -0.15) is 10.1 Å². The molecule has 2 atom stereocenters. The van der Waals surface area contributed by atoms with E-state index in [-0.39, 0.29) is 0 Å². The van der Waals surface area contributed by atoms with Crippen molar-refractivity contribution in [2.75, 3.05) is 23.8 Å². The molecule has 1 fully saturated rings. The molecule has 2 rings (SSSR count). The minimum absolute atomic E-state index is 0.297. The number of aromatic nitrogens is 3. The van der Waals surface area contributed by atoms with Crippen LogP contribution in [-0.4, -0.2) is 40.5 Å². The van der Waals surface area contributed by atoms with E-state index in [2.05, 4.69) is 39.7 Å². The second-order valence-corrected chi connectivity index (χ2v) is 4.63. The highest BCUT2D eigenvalue weighted by atomic mass is 16.5. The van der Waals surface area contributed by atoms with Gasteiger partial charge in [0.25, 0.3) is 0 Å². The Morgan fingerprint density at radius 3 is 3.17 bits per heavy atom. The zero-order valence-corrected chi connectivity index (χ0v) is 11.0. The summed E-state index contributed by atoms with van der Waals surface area (Å²) in [6, 6.07) is 0.347. The van der Waals surface area contributed by atoms with Gasteiger partial charge in [0.1, 0.15) is 0 Å². The highest BCUT2D eigenvalue weighted by Gasteiger charge is 2.15. The van der Waals surface area contributed by atoms with Crippen LogP contribution in [0.15, 0.2) is 6.20 Å². The molecule has 18 heavy (non-hydrogen) atoms. The summed E-state index contributed by atoms with van der Waals surface area (Å²) in [4.78, 5) is 4.37. The van der Waals surface area contributed by atoms with Crippen molar-refractivity contribution in [2.45, 2.75) is 45.3 Å². The summed E-state index contributed by atoms with van der Waals surface area (Å²) < 4.78 is 5.54. The van der Waals surface area contributed by atoms with Gasteiger partial charge in [-0.3, -0.25) is 0 Å². The van der Waals surface area contributed by atoms with E-state index < -0.39 is 0 Å². The highest BCUT2D eigenvalue weighted by molar-refractivity contribution is 5.37. The number of nitrogens with zero attached hydrogens (tertiary/aromatic N) is 3. The predicted octanol–water partition coefficient (Wildman–Crippen LogP) is 1.67. The maximum absolute atomic E-state index is 5.54. The summed E-state index contributed by atoms with van der Waals surface area (Å²) in [7, 11) is 0. The van der Waals surface area contributed by atoms with Crippen LogP contribution in [0.4, 0.5) is 11.8 Å². The van der Waals surface area contributed by atoms with Gasteiger partial charge < -0.3 is 15.4 Å². The lowest BCUT2D eigenvalue weighted by Gasteiger charge is -2.13. The number of hydrogen-bond donors (Lipinski definition) is 2. The first kappa shape index (κ1) is 13.0. The maximum atomic E-state index is 5.54. The molecule has 1 aliphatic heterocycles. The van der Waals surface area contributed by atoms with Crippen molar-refractivity contribution in [3.05, 3.63) is 6.20 Å². The van der Waals surface area contributed by atoms with E-state index in [0.29, 0.717) is 18.1 Å². The lowest BCUT2D eigenvalue weighted by Crippen LogP contribution is -2.20. The van der Waals surface area contributed by atoms with Gasteiger partial charge in [-0.05, 0) is 26.2 Å². The van der Waals surface area contributed by atoms with Gasteiger partial charge in [-0.1, -0.05) is 6.92 Å². The van der Waals surface area contributed by atoms with Gasteiger partial charge >= 0.3 is 0 Å². The fourth-order valence-corrected chi connectivity index (χ4v) is 1.80. The Morgan fingerprint density at radius 2 is 2.44 bits per heavy atom. The number of anilines is 2. The molecule has 2 unspecified atom stereocenters. The minimum Gasteiger partial charge on any atom is -0.376 e. The summed E-state index contributed by atoms with van der Waals surface area (Å²) in [5.74, 6) is 1.31. The third-order valence-corrected chi connectivity index (χ3v) is 3.08. The third-order valence-electron chi connectivity index (χ3n) is 3.08. The van der Waals surface area contributed by atoms with Crippen molar-refractivity contribution in [3.63, 3.8) is 0 Å². The summed E-state index contributed by atoms with van der Waals surface area (Å²) in [5.41, 5.74) is 0. The molecular weight excluding hydrogens is 230 g/mol. The van der Waals surface area contributed by atoms with Crippen molar-refractivity contribution in [1.29, 1.82) is 0 Å². The lowest BCUT2D eigenvalue weighted by atomic mass is 10.2. The summed E-state index contributed by atoms with van der Waals surface area (Å²) >= 11 is 0. The molecule has 2 N–H and O–H groups in total. The summed E-state index contributed by atoms with van der Waals surface area (Å²) in [6.07, 6.45) is 5.22. The minimum atomic E-state index is 0.297. The predicted molar refractivity (Wildman–Crippen MR) is 70.7 cm³/mol. The number of nitrogens with one attached hydrogen (secondary N) is 2. The molecular formula is C12H21N5O. The van der Waals surface area contributed by atoms with Gasteiger partial charge in [0, 0.05) is 19.2 Å². The summed E-state index contributed by atoms with van der Waals surface area (Å²) in [6.45, 7) is 5.86. The van der Waals surface area contributed by atoms with Crippen LogP contribution in [0.25, 0.3) is 0 Å². The molecule has 0 aromatic carbocycles. The first-order valence-corrected chi connectivity index (χ1v) is 6.59. The van der Waals surface area contributed by atoms with Crippen molar-refractivity contribution in [3.8, 4) is 0 Å². The van der Waals surface area contributed by atoms with E-state index in [1.807, 2.05) is 0 Å². The van der Waals surface area contributed by atoms with E-state index >= 15 is 0 Å². The number of ether oxygens (including phenoxy) is 1. The van der Waals surface area contributed by atoms with Crippen LogP contribution >= 0.6 is 0 Å². The Kier molecular flexibility index (Phi) is 4.69. The molecule has 6 nitrogen and oxygen atoms in total. The fraction of sp³-hybridized carbons (Fsp3) is 0.750. The Morgan fingerprint density at radius 1 is 1.56 bits per heavy atom. The smallest absolute Gasteiger partial charge is 0.244 e. The van der Waals surface area contributed by atoms with Crippen LogP contribution in [0.3, 0.4) is 0 Å². The average Bonchev–Trinajstić information content (AvgIpc) is 2.90. The molecule has 1 saturated heterocycles. The first-order chi connectivity index (χ1) is 8.78. The number of hydrogen-bond acceptors (Lipinski definition) is 6. The van der Waals surface area contributed by atoms with E-state index in [0.717, 1.165) is 38.2 Å². The third kappa shape index (κ3) is 3.80. The van der Waals surface area contributed by atoms with Gasteiger partial charge in [0.15, 0.2) is 5.82 Å². The van der Waals surface area contributed by atoms with E-state index in [4.69, 9.17) is 4.74 Å². The van der Waals surface area contributed by atoms with Crippen LogP contribution in [-0.2, 0) is 4.74 Å². The molecule has 0 spiro atoms. The van der Waals surface area contributed by atoms with E-state index in [1.165, 1.54) is 0 Å². The molecule has 0 bridgehead atoms. The average molecular weight is 251 g/mol. The SMILES string of the molecule is CCC(C)Nc1nncc(NCC2CCCO2)n1. The topological polar surface area (TPSA) is 72.0 Å². The first-order valence-electron chi connectivity index (χ1n) is 6.59. The van der Waals surface area contributed by atoms with Gasteiger partial charge in [0.05, 0.1) is 12.3 Å². The lowest BCUT2D eigenvalue weighted by molar-refractivity contribution is 0.120. The second-order valence-electron chi connectivity index (χ2n) is 4.63. The van der Waals surface area contributed by atoms with Crippen molar-refractivity contribution in [1.82, 2.24) is 15.2 Å². The molecule has 1 aliphatic rings. The van der Waals surface area contributed by atoms with Gasteiger partial charge in [-0.25, -0.2) is 0 Å². The monoisotopic (exact) mass is 251 g/mol. The standard InChI is InChI=1S/C12H21N5O/c1-3-9(2)15-12-16-11(8-14-17-12)13-7-10-5-4-6-18-10/h8-10H,3-7H2,1-2H3,(H2,13,15,16,17). The van der Waals surface area contributed by atoms with Crippen LogP contribution in [0, 0.1) is 0 Å². The molecule has 0 aliphatic carbocycles. The number of rotatable bonds is 6. The summed E-state index contributed by atoms with van der Waals surface area (Å²) in [5, 5.41) is 14.3. The van der Waals surface area contributed by atoms with Crippen molar-refractivity contribution < 1.29 is 4.74 Å². The largest absolute Gasteiger partial charge is 0.376 e. The molecule has 2 heterocycles. The van der Waals surface area contributed by atoms with Crippen molar-refractivity contribution >= 4 is 11.8 Å². The maximum Gasteiger partial charge on any atom is 0.244 e. The molecule has 0 saturated carbocycles. The zero-order valence-electron chi connectivity index (χ0n) is 11.0. The molecule has 1 aromatic heterocycles. The Hall–Kier alpha value is -1.43. The molecule has 0 amide bonds. The van der Waals surface area contributed by atoms with Crippen LogP contribution in [0.2, 0.25) is 0 Å². The normalized spacial score (nSPS) is 20.7. The molecule has 100 valence electrons. The highest BCUT2D eigenvalue weighted by Crippen LogP contribution is 2.13. The van der Waals surface area contributed by atoms with Gasteiger partial charge in [0.2, 0.25) is 5.95 Å². The molecule has 6 heteroatoms.